The maximum Gasteiger partial charge on any atom is 0.123 e. The van der Waals surface area contributed by atoms with Crippen LogP contribution in [0.2, 0.25) is 0 Å². The molecule has 4 nitrogen and oxygen atoms in total. The van der Waals surface area contributed by atoms with E-state index in [1.54, 1.807) is 0 Å². The van der Waals surface area contributed by atoms with Gasteiger partial charge in [0.15, 0.2) is 0 Å². The van der Waals surface area contributed by atoms with Crippen LogP contribution in [0.3, 0.4) is 0 Å². The molecule has 4 rings (SSSR count). The lowest BCUT2D eigenvalue weighted by Gasteiger charge is -2.41. The lowest BCUT2D eigenvalue weighted by Crippen LogP contribution is -2.52. The van der Waals surface area contributed by atoms with E-state index in [-0.39, 0.29) is 12.4 Å². The van der Waals surface area contributed by atoms with Crippen LogP contribution in [0.25, 0.3) is 10.8 Å². The number of nitrogens with zero attached hydrogens (tertiary/aromatic N) is 3. The lowest BCUT2D eigenvalue weighted by molar-refractivity contribution is 0.0501. The molecule has 0 radical (unpaired) electrons. The van der Waals surface area contributed by atoms with Crippen molar-refractivity contribution >= 4 is 10.8 Å². The number of aliphatic hydroxyl groups is 1. The van der Waals surface area contributed by atoms with Gasteiger partial charge in [-0.2, -0.15) is 0 Å². The molecule has 0 spiro atoms. The number of hydrogen-bond acceptors (Lipinski definition) is 4. The van der Waals surface area contributed by atoms with Gasteiger partial charge in [-0.1, -0.05) is 30.3 Å². The molecule has 5 heteroatoms. The highest BCUT2D eigenvalue weighted by Gasteiger charge is 2.26. The van der Waals surface area contributed by atoms with E-state index >= 15 is 0 Å². The summed E-state index contributed by atoms with van der Waals surface area (Å²) in [5, 5.41) is 12.0. The van der Waals surface area contributed by atoms with E-state index < -0.39 is 0 Å². The van der Waals surface area contributed by atoms with Crippen LogP contribution < -0.4 is 0 Å². The van der Waals surface area contributed by atoms with E-state index in [1.165, 1.54) is 28.5 Å². The normalized spacial score (nSPS) is 18.6. The maximum atomic E-state index is 13.2. The first-order valence-electron chi connectivity index (χ1n) is 9.86. The van der Waals surface area contributed by atoms with Crippen LogP contribution in [-0.2, 0) is 13.1 Å². The van der Waals surface area contributed by atoms with Gasteiger partial charge in [-0.05, 0) is 41.1 Å². The number of aromatic nitrogens is 1. The fourth-order valence-electron chi connectivity index (χ4n) is 4.12. The van der Waals surface area contributed by atoms with Gasteiger partial charge in [0.05, 0.1) is 0 Å². The lowest BCUT2D eigenvalue weighted by atomic mass is 10.0. The highest BCUT2D eigenvalue weighted by Crippen LogP contribution is 2.22. The zero-order valence-corrected chi connectivity index (χ0v) is 16.0. The maximum absolute atomic E-state index is 13.2. The molecule has 0 saturated carbocycles. The fourth-order valence-corrected chi connectivity index (χ4v) is 4.12. The Balaban J connectivity index is 1.45. The minimum atomic E-state index is -0.203. The Kier molecular flexibility index (Phi) is 5.95. The monoisotopic (exact) mass is 379 g/mol. The van der Waals surface area contributed by atoms with Crippen molar-refractivity contribution < 1.29 is 9.50 Å². The Labute approximate surface area is 165 Å². The first-order chi connectivity index (χ1) is 13.7. The van der Waals surface area contributed by atoms with Crippen LogP contribution in [0.15, 0.2) is 60.9 Å². The molecule has 2 heterocycles. The van der Waals surface area contributed by atoms with E-state index in [0.29, 0.717) is 6.04 Å². The molecular weight excluding hydrogens is 353 g/mol. The van der Waals surface area contributed by atoms with Gasteiger partial charge in [0, 0.05) is 63.2 Å². The van der Waals surface area contributed by atoms with Crippen molar-refractivity contribution in [1.82, 2.24) is 14.8 Å². The first kappa shape index (κ1) is 19.0. The number of hydrogen-bond donors (Lipinski definition) is 1. The number of fused-ring (bicyclic) bond motifs is 1. The summed E-state index contributed by atoms with van der Waals surface area (Å²) in [7, 11) is 0. The molecule has 0 amide bonds. The molecule has 1 aliphatic rings. The summed E-state index contributed by atoms with van der Waals surface area (Å²) in [4.78, 5) is 9.10. The SMILES string of the molecule is OCC[C@@H]1CN(Cc2cccc3cnccc23)CCN1Cc1ccc(F)cc1. The van der Waals surface area contributed by atoms with Crippen molar-refractivity contribution in [3.63, 3.8) is 0 Å². The van der Waals surface area contributed by atoms with E-state index in [4.69, 9.17) is 0 Å². The summed E-state index contributed by atoms with van der Waals surface area (Å²) in [6.45, 7) is 4.70. The van der Waals surface area contributed by atoms with Crippen molar-refractivity contribution in [2.45, 2.75) is 25.6 Å². The average Bonchev–Trinajstić information content (AvgIpc) is 2.72. The Bertz CT molecular complexity index is 910. The van der Waals surface area contributed by atoms with Gasteiger partial charge >= 0.3 is 0 Å². The molecular formula is C23H26FN3O. The fraction of sp³-hybridized carbons (Fsp3) is 0.348. The quantitative estimate of drug-likeness (QED) is 0.712. The third kappa shape index (κ3) is 4.38. The molecule has 2 aromatic carbocycles. The molecule has 1 saturated heterocycles. The largest absolute Gasteiger partial charge is 0.396 e. The Morgan fingerprint density at radius 3 is 2.71 bits per heavy atom. The number of rotatable bonds is 6. The molecule has 3 aromatic rings. The second-order valence-electron chi connectivity index (χ2n) is 7.51. The van der Waals surface area contributed by atoms with Gasteiger partial charge in [0.2, 0.25) is 0 Å². The van der Waals surface area contributed by atoms with Gasteiger partial charge in [-0.25, -0.2) is 4.39 Å². The molecule has 28 heavy (non-hydrogen) atoms. The van der Waals surface area contributed by atoms with Crippen LogP contribution in [0.5, 0.6) is 0 Å². The average molecular weight is 379 g/mol. The summed E-state index contributed by atoms with van der Waals surface area (Å²) < 4.78 is 13.2. The van der Waals surface area contributed by atoms with Crippen molar-refractivity contribution in [2.75, 3.05) is 26.2 Å². The van der Waals surface area contributed by atoms with Crippen LogP contribution in [0.4, 0.5) is 4.39 Å². The number of halogens is 1. The molecule has 146 valence electrons. The van der Waals surface area contributed by atoms with Crippen molar-refractivity contribution in [3.8, 4) is 0 Å². The van der Waals surface area contributed by atoms with Gasteiger partial charge in [0.1, 0.15) is 5.82 Å². The van der Waals surface area contributed by atoms with Crippen LogP contribution in [0, 0.1) is 5.82 Å². The summed E-state index contributed by atoms with van der Waals surface area (Å²) in [6.07, 6.45) is 4.51. The topological polar surface area (TPSA) is 39.6 Å². The summed E-state index contributed by atoms with van der Waals surface area (Å²) in [6, 6.07) is 15.5. The number of aliphatic hydroxyl groups excluding tert-OH is 1. The van der Waals surface area contributed by atoms with Crippen LogP contribution >= 0.6 is 0 Å². The van der Waals surface area contributed by atoms with E-state index in [2.05, 4.69) is 39.0 Å². The van der Waals surface area contributed by atoms with Crippen molar-refractivity contribution in [3.05, 3.63) is 77.9 Å². The second-order valence-corrected chi connectivity index (χ2v) is 7.51. The molecule has 1 N–H and O–H groups in total. The summed E-state index contributed by atoms with van der Waals surface area (Å²) >= 11 is 0. The van der Waals surface area contributed by atoms with Crippen molar-refractivity contribution in [2.24, 2.45) is 0 Å². The molecule has 1 aromatic heterocycles. The van der Waals surface area contributed by atoms with Crippen LogP contribution in [0.1, 0.15) is 17.5 Å². The Morgan fingerprint density at radius 1 is 1.04 bits per heavy atom. The zero-order chi connectivity index (χ0) is 19.3. The number of pyridine rings is 1. The van der Waals surface area contributed by atoms with Gasteiger partial charge < -0.3 is 5.11 Å². The van der Waals surface area contributed by atoms with E-state index in [9.17, 15) is 9.50 Å². The predicted molar refractivity (Wildman–Crippen MR) is 109 cm³/mol. The molecule has 0 bridgehead atoms. The molecule has 0 unspecified atom stereocenters. The van der Waals surface area contributed by atoms with E-state index in [1.807, 2.05) is 24.5 Å². The molecule has 0 aliphatic carbocycles. The molecule has 1 fully saturated rings. The second kappa shape index (κ2) is 8.78. The number of piperazine rings is 1. The minimum absolute atomic E-state index is 0.179. The third-order valence-corrected chi connectivity index (χ3v) is 5.62. The van der Waals surface area contributed by atoms with Gasteiger partial charge in [-0.15, -0.1) is 0 Å². The number of benzene rings is 2. The minimum Gasteiger partial charge on any atom is -0.396 e. The molecule has 1 atom stereocenters. The standard InChI is InChI=1S/C23H26FN3O/c24-21-6-4-18(5-7-21)15-27-12-11-26(17-22(27)9-13-28)16-20-3-1-2-19-14-25-10-8-23(19)20/h1-8,10,14,22,28H,9,11-13,15-17H2/t22-/m1/s1. The summed E-state index contributed by atoms with van der Waals surface area (Å²) in [5.74, 6) is -0.203. The third-order valence-electron chi connectivity index (χ3n) is 5.62. The Hall–Kier alpha value is -2.34. The zero-order valence-electron chi connectivity index (χ0n) is 16.0. The highest BCUT2D eigenvalue weighted by atomic mass is 19.1. The van der Waals surface area contributed by atoms with Crippen molar-refractivity contribution in [1.29, 1.82) is 0 Å². The highest BCUT2D eigenvalue weighted by molar-refractivity contribution is 5.84. The summed E-state index contributed by atoms with van der Waals surface area (Å²) in [5.41, 5.74) is 2.42. The molecule has 1 aliphatic heterocycles. The van der Waals surface area contributed by atoms with Gasteiger partial charge in [-0.3, -0.25) is 14.8 Å². The first-order valence-corrected chi connectivity index (χ1v) is 9.86. The predicted octanol–water partition coefficient (Wildman–Crippen LogP) is 3.44. The van der Waals surface area contributed by atoms with Gasteiger partial charge in [0.25, 0.3) is 0 Å². The van der Waals surface area contributed by atoms with Crippen LogP contribution in [-0.4, -0.2) is 52.2 Å². The smallest absolute Gasteiger partial charge is 0.123 e. The van der Waals surface area contributed by atoms with E-state index in [0.717, 1.165) is 44.7 Å². The Morgan fingerprint density at radius 2 is 1.89 bits per heavy atom.